The van der Waals surface area contributed by atoms with Crippen LogP contribution in [0.5, 0.6) is 0 Å². The van der Waals surface area contributed by atoms with E-state index < -0.39 is 6.04 Å². The van der Waals surface area contributed by atoms with E-state index >= 15 is 0 Å². The minimum absolute atomic E-state index is 0.0394. The molecule has 5 heteroatoms. The molecule has 1 aromatic heterocycles. The van der Waals surface area contributed by atoms with Crippen LogP contribution in [0.2, 0.25) is 0 Å². The van der Waals surface area contributed by atoms with Gasteiger partial charge in [0.1, 0.15) is 12.1 Å². The van der Waals surface area contributed by atoms with E-state index in [1.54, 1.807) is 23.2 Å². The van der Waals surface area contributed by atoms with Gasteiger partial charge >= 0.3 is 0 Å². The molecule has 4 nitrogen and oxygen atoms in total. The minimum atomic E-state index is -0.398. The molecule has 1 aliphatic heterocycles. The van der Waals surface area contributed by atoms with Gasteiger partial charge in [-0.2, -0.15) is 0 Å². The molecule has 0 radical (unpaired) electrons. The Balaban J connectivity index is 2.19. The maximum Gasteiger partial charge on any atom is 0.246 e. The molecule has 3 atom stereocenters. The van der Waals surface area contributed by atoms with Crippen LogP contribution in [-0.4, -0.2) is 28.8 Å². The molecule has 1 fully saturated rings. The van der Waals surface area contributed by atoms with Crippen molar-refractivity contribution < 1.29 is 9.59 Å². The topological polar surface area (TPSA) is 49.4 Å². The first-order valence-electron chi connectivity index (χ1n) is 7.10. The van der Waals surface area contributed by atoms with Gasteiger partial charge in [-0.1, -0.05) is 20.3 Å². The fourth-order valence-corrected chi connectivity index (χ4v) is 3.31. The van der Waals surface area contributed by atoms with Crippen LogP contribution in [0.15, 0.2) is 12.1 Å². The molecule has 110 valence electrons. The monoisotopic (exact) mass is 294 g/mol. The Morgan fingerprint density at radius 3 is 2.65 bits per heavy atom. The van der Waals surface area contributed by atoms with Crippen LogP contribution < -0.4 is 5.32 Å². The smallest absolute Gasteiger partial charge is 0.246 e. The quantitative estimate of drug-likeness (QED) is 0.926. The molecular formula is C15H22N2O2S. The van der Waals surface area contributed by atoms with Crippen molar-refractivity contribution in [2.45, 2.75) is 52.7 Å². The molecule has 0 spiro atoms. The number of carbonyl (C=O) groups is 2. The number of piperazine rings is 1. The third-order valence-electron chi connectivity index (χ3n) is 4.03. The molecule has 2 amide bonds. The average molecular weight is 294 g/mol. The number of rotatable bonds is 4. The summed E-state index contributed by atoms with van der Waals surface area (Å²) in [6.07, 6.45) is 0.872. The third-order valence-corrected chi connectivity index (χ3v) is 5.01. The van der Waals surface area contributed by atoms with Gasteiger partial charge in [0.25, 0.3) is 0 Å². The number of amides is 2. The van der Waals surface area contributed by atoms with Gasteiger partial charge in [-0.25, -0.2) is 0 Å². The molecule has 3 unspecified atom stereocenters. The lowest BCUT2D eigenvalue weighted by Gasteiger charge is -2.39. The van der Waals surface area contributed by atoms with Crippen molar-refractivity contribution in [1.82, 2.24) is 10.2 Å². The summed E-state index contributed by atoms with van der Waals surface area (Å²) in [5, 5.41) is 2.86. The minimum Gasteiger partial charge on any atom is -0.342 e. The Hall–Kier alpha value is -1.36. The first-order chi connectivity index (χ1) is 9.43. The second-order valence-corrected chi connectivity index (χ2v) is 6.90. The summed E-state index contributed by atoms with van der Waals surface area (Å²) < 4.78 is 0. The van der Waals surface area contributed by atoms with Crippen molar-refractivity contribution in [2.24, 2.45) is 5.92 Å². The van der Waals surface area contributed by atoms with Crippen LogP contribution in [0.1, 0.15) is 36.9 Å². The fraction of sp³-hybridized carbons (Fsp3) is 0.600. The van der Waals surface area contributed by atoms with Crippen molar-refractivity contribution >= 4 is 23.2 Å². The third kappa shape index (κ3) is 2.87. The highest BCUT2D eigenvalue weighted by Crippen LogP contribution is 2.23. The standard InChI is InChI=1S/C15H22N2O2S/c1-5-9(2)13-15(19)17(11(4)14(18)16-13)8-12-7-6-10(3)20-12/h6-7,9,11,13H,5,8H2,1-4H3,(H,16,18). The first kappa shape index (κ1) is 15.0. The van der Waals surface area contributed by atoms with Crippen LogP contribution in [0.3, 0.4) is 0 Å². The SMILES string of the molecule is CCC(C)C1NC(=O)C(C)N(Cc2ccc(C)s2)C1=O. The number of hydrogen-bond acceptors (Lipinski definition) is 3. The van der Waals surface area contributed by atoms with E-state index in [4.69, 9.17) is 0 Å². The predicted octanol–water partition coefficient (Wildman–Crippen LogP) is 2.32. The lowest BCUT2D eigenvalue weighted by molar-refractivity contribution is -0.150. The number of aryl methyl sites for hydroxylation is 1. The number of nitrogens with one attached hydrogen (secondary N) is 1. The Labute approximate surface area is 124 Å². The first-order valence-corrected chi connectivity index (χ1v) is 7.91. The lowest BCUT2D eigenvalue weighted by atomic mass is 9.94. The normalized spacial score (nSPS) is 24.7. The van der Waals surface area contributed by atoms with Gasteiger partial charge in [-0.15, -0.1) is 11.3 Å². The summed E-state index contributed by atoms with van der Waals surface area (Å²) in [5.74, 6) is 0.146. The van der Waals surface area contributed by atoms with Crippen molar-refractivity contribution in [3.05, 3.63) is 21.9 Å². The summed E-state index contributed by atoms with van der Waals surface area (Å²) >= 11 is 1.68. The van der Waals surface area contributed by atoms with Crippen molar-refractivity contribution in [3.63, 3.8) is 0 Å². The predicted molar refractivity (Wildman–Crippen MR) is 80.5 cm³/mol. The molecule has 20 heavy (non-hydrogen) atoms. The van der Waals surface area contributed by atoms with E-state index in [9.17, 15) is 9.59 Å². The van der Waals surface area contributed by atoms with E-state index in [0.717, 1.165) is 11.3 Å². The zero-order valence-electron chi connectivity index (χ0n) is 12.5. The largest absolute Gasteiger partial charge is 0.342 e. The molecule has 2 heterocycles. The molecule has 1 aromatic rings. The lowest BCUT2D eigenvalue weighted by Crippen LogP contribution is -2.63. The van der Waals surface area contributed by atoms with E-state index in [2.05, 4.69) is 5.32 Å². The van der Waals surface area contributed by atoms with Gasteiger partial charge in [0, 0.05) is 9.75 Å². The summed E-state index contributed by atoms with van der Waals surface area (Å²) in [4.78, 5) is 28.7. The molecule has 0 saturated carbocycles. The zero-order valence-corrected chi connectivity index (χ0v) is 13.3. The maximum absolute atomic E-state index is 12.6. The number of thiophene rings is 1. The molecule has 2 rings (SSSR count). The van der Waals surface area contributed by atoms with E-state index in [1.807, 2.05) is 32.9 Å². The second kappa shape index (κ2) is 5.95. The fourth-order valence-electron chi connectivity index (χ4n) is 2.42. The molecule has 1 saturated heterocycles. The summed E-state index contributed by atoms with van der Waals surface area (Å²) in [6.45, 7) is 8.41. The maximum atomic E-state index is 12.6. The van der Waals surface area contributed by atoms with Crippen LogP contribution in [0.25, 0.3) is 0 Å². The van der Waals surface area contributed by atoms with Gasteiger partial charge in [0.05, 0.1) is 6.54 Å². The number of carbonyl (C=O) groups excluding carboxylic acids is 2. The highest BCUT2D eigenvalue weighted by molar-refractivity contribution is 7.11. The summed E-state index contributed by atoms with van der Waals surface area (Å²) in [7, 11) is 0. The highest BCUT2D eigenvalue weighted by Gasteiger charge is 2.40. The van der Waals surface area contributed by atoms with Crippen LogP contribution in [0.4, 0.5) is 0 Å². The van der Waals surface area contributed by atoms with Gasteiger partial charge in [-0.3, -0.25) is 9.59 Å². The average Bonchev–Trinajstić information content (AvgIpc) is 2.83. The molecule has 0 aromatic carbocycles. The Morgan fingerprint density at radius 1 is 1.40 bits per heavy atom. The van der Waals surface area contributed by atoms with Gasteiger partial charge in [-0.05, 0) is 31.9 Å². The zero-order chi connectivity index (χ0) is 14.9. The van der Waals surface area contributed by atoms with E-state index in [0.29, 0.717) is 6.54 Å². The van der Waals surface area contributed by atoms with E-state index in [1.165, 1.54) is 4.88 Å². The van der Waals surface area contributed by atoms with Crippen molar-refractivity contribution in [1.29, 1.82) is 0 Å². The van der Waals surface area contributed by atoms with Gasteiger partial charge < -0.3 is 10.2 Å². The van der Waals surface area contributed by atoms with Gasteiger partial charge in [0.2, 0.25) is 11.8 Å². The number of nitrogens with zero attached hydrogens (tertiary/aromatic N) is 1. The van der Waals surface area contributed by atoms with Crippen LogP contribution >= 0.6 is 11.3 Å². The van der Waals surface area contributed by atoms with E-state index in [-0.39, 0.29) is 23.8 Å². The summed E-state index contributed by atoms with van der Waals surface area (Å²) in [5.41, 5.74) is 0. The van der Waals surface area contributed by atoms with Crippen molar-refractivity contribution in [3.8, 4) is 0 Å². The molecule has 1 aliphatic rings. The molecular weight excluding hydrogens is 272 g/mol. The molecule has 0 aliphatic carbocycles. The molecule has 1 N–H and O–H groups in total. The van der Waals surface area contributed by atoms with Gasteiger partial charge in [0.15, 0.2) is 0 Å². The highest BCUT2D eigenvalue weighted by atomic mass is 32.1. The Morgan fingerprint density at radius 2 is 2.10 bits per heavy atom. The summed E-state index contributed by atoms with van der Waals surface area (Å²) in [6, 6.07) is 3.30. The Bertz CT molecular complexity index is 512. The second-order valence-electron chi connectivity index (χ2n) is 5.53. The Kier molecular flexibility index (Phi) is 4.48. The van der Waals surface area contributed by atoms with Crippen LogP contribution in [0, 0.1) is 12.8 Å². The van der Waals surface area contributed by atoms with Crippen molar-refractivity contribution in [2.75, 3.05) is 0 Å². The molecule has 0 bridgehead atoms. The number of hydrogen-bond donors (Lipinski definition) is 1. The van der Waals surface area contributed by atoms with Crippen LogP contribution in [-0.2, 0) is 16.1 Å².